The van der Waals surface area contributed by atoms with Gasteiger partial charge in [-0.3, -0.25) is 4.79 Å². The molecule has 0 spiro atoms. The fraction of sp³-hybridized carbons (Fsp3) is 0.667. The molecule has 1 aromatic rings. The monoisotopic (exact) mass is 239 g/mol. The molecule has 0 saturated heterocycles. The number of H-pyrrole nitrogens is 1. The highest BCUT2D eigenvalue weighted by Gasteiger charge is 2.21. The number of nitrogens with zero attached hydrogens (tertiary/aromatic N) is 1. The Balaban J connectivity index is 2.63. The lowest BCUT2D eigenvalue weighted by atomic mass is 9.94. The molecular weight excluding hydrogens is 218 g/mol. The van der Waals surface area contributed by atoms with Crippen molar-refractivity contribution in [2.45, 2.75) is 39.7 Å². The van der Waals surface area contributed by atoms with Crippen LogP contribution in [0.25, 0.3) is 0 Å². The topological polar surface area (TPSA) is 78.0 Å². The van der Waals surface area contributed by atoms with Gasteiger partial charge in [-0.1, -0.05) is 13.8 Å². The van der Waals surface area contributed by atoms with Crippen LogP contribution in [0.1, 0.15) is 33.0 Å². The van der Waals surface area contributed by atoms with Gasteiger partial charge < -0.3 is 15.4 Å². The maximum absolute atomic E-state index is 11.2. The third-order valence-electron chi connectivity index (χ3n) is 2.36. The van der Waals surface area contributed by atoms with Gasteiger partial charge >= 0.3 is 0 Å². The molecule has 5 heteroatoms. The Morgan fingerprint density at radius 2 is 2.24 bits per heavy atom. The molecular formula is C12H21N3O2. The lowest BCUT2D eigenvalue weighted by Crippen LogP contribution is -2.35. The smallest absolute Gasteiger partial charge is 0.252 e. The Hall–Kier alpha value is -1.36. The third kappa shape index (κ3) is 4.99. The Kier molecular flexibility index (Phi) is 4.28. The highest BCUT2D eigenvalue weighted by molar-refractivity contribution is 5.33. The molecule has 0 fully saturated rings. The van der Waals surface area contributed by atoms with Crippen molar-refractivity contribution in [1.29, 1.82) is 0 Å². The molecule has 3 N–H and O–H groups in total. The maximum Gasteiger partial charge on any atom is 0.252 e. The summed E-state index contributed by atoms with van der Waals surface area (Å²) in [5, 5.41) is 13.1. The molecule has 0 aliphatic heterocycles. The molecule has 1 aromatic heterocycles. The highest BCUT2D eigenvalue weighted by atomic mass is 16.3. The van der Waals surface area contributed by atoms with E-state index in [0.717, 1.165) is 0 Å². The summed E-state index contributed by atoms with van der Waals surface area (Å²) in [7, 11) is 0. The zero-order chi connectivity index (χ0) is 13.1. The molecule has 0 saturated carbocycles. The van der Waals surface area contributed by atoms with Crippen molar-refractivity contribution in [3.8, 4) is 0 Å². The van der Waals surface area contributed by atoms with E-state index < -0.39 is 5.60 Å². The SMILES string of the molecule is Cc1nc(NCC(C)(O)CC(C)C)cc(=O)[nH]1. The molecule has 0 aromatic carbocycles. The molecule has 17 heavy (non-hydrogen) atoms. The molecule has 0 radical (unpaired) electrons. The van der Waals surface area contributed by atoms with E-state index >= 15 is 0 Å². The van der Waals surface area contributed by atoms with E-state index in [4.69, 9.17) is 0 Å². The lowest BCUT2D eigenvalue weighted by molar-refractivity contribution is 0.0514. The van der Waals surface area contributed by atoms with Gasteiger partial charge in [0.2, 0.25) is 0 Å². The number of hydrogen-bond acceptors (Lipinski definition) is 4. The largest absolute Gasteiger partial charge is 0.388 e. The van der Waals surface area contributed by atoms with Gasteiger partial charge in [-0.05, 0) is 26.2 Å². The first kappa shape index (κ1) is 13.7. The number of aryl methyl sites for hydroxylation is 1. The summed E-state index contributed by atoms with van der Waals surface area (Å²) >= 11 is 0. The number of rotatable bonds is 5. The highest BCUT2D eigenvalue weighted by Crippen LogP contribution is 2.16. The van der Waals surface area contributed by atoms with Crippen molar-refractivity contribution in [2.75, 3.05) is 11.9 Å². The van der Waals surface area contributed by atoms with Crippen LogP contribution >= 0.6 is 0 Å². The second-order valence-electron chi connectivity index (χ2n) is 5.16. The Morgan fingerprint density at radius 1 is 1.59 bits per heavy atom. The summed E-state index contributed by atoms with van der Waals surface area (Å²) in [4.78, 5) is 17.9. The summed E-state index contributed by atoms with van der Waals surface area (Å²) in [6, 6.07) is 1.39. The van der Waals surface area contributed by atoms with Crippen LogP contribution in [0, 0.1) is 12.8 Å². The van der Waals surface area contributed by atoms with E-state index in [0.29, 0.717) is 30.5 Å². The van der Waals surface area contributed by atoms with Crippen LogP contribution in [0.4, 0.5) is 5.82 Å². The molecule has 0 amide bonds. The summed E-state index contributed by atoms with van der Waals surface area (Å²) in [5.41, 5.74) is -0.990. The first-order valence-electron chi connectivity index (χ1n) is 5.83. The summed E-state index contributed by atoms with van der Waals surface area (Å²) < 4.78 is 0. The Morgan fingerprint density at radius 3 is 2.76 bits per heavy atom. The molecule has 0 bridgehead atoms. The van der Waals surface area contributed by atoms with E-state index in [9.17, 15) is 9.90 Å². The van der Waals surface area contributed by atoms with E-state index in [1.54, 1.807) is 13.8 Å². The number of aromatic nitrogens is 2. The maximum atomic E-state index is 11.2. The van der Waals surface area contributed by atoms with E-state index in [1.807, 2.05) is 0 Å². The normalized spacial score (nSPS) is 14.7. The minimum atomic E-state index is -0.799. The van der Waals surface area contributed by atoms with Gasteiger partial charge in [0.25, 0.3) is 5.56 Å². The van der Waals surface area contributed by atoms with Crippen LogP contribution in [0.2, 0.25) is 0 Å². The second kappa shape index (κ2) is 5.31. The number of hydrogen-bond donors (Lipinski definition) is 3. The fourth-order valence-corrected chi connectivity index (χ4v) is 1.90. The van der Waals surface area contributed by atoms with Gasteiger partial charge in [-0.15, -0.1) is 0 Å². The van der Waals surface area contributed by atoms with Crippen LogP contribution in [0.15, 0.2) is 10.9 Å². The molecule has 1 heterocycles. The Labute approximate surface area is 101 Å². The van der Waals surface area contributed by atoms with Crippen LogP contribution in [0.5, 0.6) is 0 Å². The average molecular weight is 239 g/mol. The molecule has 0 aliphatic carbocycles. The van der Waals surface area contributed by atoms with Gasteiger partial charge in [-0.25, -0.2) is 4.98 Å². The second-order valence-corrected chi connectivity index (χ2v) is 5.16. The fourth-order valence-electron chi connectivity index (χ4n) is 1.90. The Bertz CT molecular complexity index is 424. The molecule has 1 unspecified atom stereocenters. The number of aliphatic hydroxyl groups is 1. The van der Waals surface area contributed by atoms with Crippen molar-refractivity contribution in [3.63, 3.8) is 0 Å². The number of anilines is 1. The van der Waals surface area contributed by atoms with Crippen molar-refractivity contribution in [1.82, 2.24) is 9.97 Å². The summed E-state index contributed by atoms with van der Waals surface area (Å²) in [5.74, 6) is 1.47. The lowest BCUT2D eigenvalue weighted by Gasteiger charge is -2.25. The van der Waals surface area contributed by atoms with Crippen LogP contribution in [-0.2, 0) is 0 Å². The number of nitrogens with one attached hydrogen (secondary N) is 2. The number of aromatic amines is 1. The molecule has 5 nitrogen and oxygen atoms in total. The molecule has 1 atom stereocenters. The van der Waals surface area contributed by atoms with Gasteiger partial charge in [0.1, 0.15) is 11.6 Å². The molecule has 96 valence electrons. The zero-order valence-electron chi connectivity index (χ0n) is 10.9. The average Bonchev–Trinajstić information content (AvgIpc) is 2.11. The predicted molar refractivity (Wildman–Crippen MR) is 68.2 cm³/mol. The zero-order valence-corrected chi connectivity index (χ0v) is 10.9. The van der Waals surface area contributed by atoms with Gasteiger partial charge in [0, 0.05) is 12.6 Å². The van der Waals surface area contributed by atoms with Gasteiger partial charge in [-0.2, -0.15) is 0 Å². The van der Waals surface area contributed by atoms with Crippen LogP contribution < -0.4 is 10.9 Å². The van der Waals surface area contributed by atoms with Gasteiger partial charge in [0.15, 0.2) is 0 Å². The van der Waals surface area contributed by atoms with E-state index in [2.05, 4.69) is 29.1 Å². The standard InChI is InChI=1S/C12H21N3O2/c1-8(2)6-12(4,17)7-13-10-5-11(16)15-9(3)14-10/h5,8,17H,6-7H2,1-4H3,(H2,13,14,15,16). The summed E-state index contributed by atoms with van der Waals surface area (Å²) in [6.45, 7) is 7.99. The minimum Gasteiger partial charge on any atom is -0.388 e. The van der Waals surface area contributed by atoms with Crippen LogP contribution in [-0.4, -0.2) is 27.2 Å². The first-order valence-corrected chi connectivity index (χ1v) is 5.83. The van der Waals surface area contributed by atoms with Crippen molar-refractivity contribution in [2.24, 2.45) is 5.92 Å². The quantitative estimate of drug-likeness (QED) is 0.723. The van der Waals surface area contributed by atoms with E-state index in [1.165, 1.54) is 6.07 Å². The molecule has 0 aliphatic rings. The minimum absolute atomic E-state index is 0.191. The van der Waals surface area contributed by atoms with Gasteiger partial charge in [0.05, 0.1) is 5.60 Å². The van der Waals surface area contributed by atoms with Crippen LogP contribution in [0.3, 0.4) is 0 Å². The predicted octanol–water partition coefficient (Wildman–Crippen LogP) is 1.29. The third-order valence-corrected chi connectivity index (χ3v) is 2.36. The molecule has 1 rings (SSSR count). The van der Waals surface area contributed by atoms with E-state index in [-0.39, 0.29) is 5.56 Å². The van der Waals surface area contributed by atoms with Crippen molar-refractivity contribution < 1.29 is 5.11 Å². The van der Waals surface area contributed by atoms with Crippen molar-refractivity contribution >= 4 is 5.82 Å². The van der Waals surface area contributed by atoms with Crippen molar-refractivity contribution in [3.05, 3.63) is 22.2 Å². The summed E-state index contributed by atoms with van der Waals surface area (Å²) in [6.07, 6.45) is 0.697. The first-order chi connectivity index (χ1) is 7.78.